The molecule has 1 aromatic heterocycles. The first kappa shape index (κ1) is 22.6. The summed E-state index contributed by atoms with van der Waals surface area (Å²) in [5.41, 5.74) is 4.25. The molecule has 1 aliphatic rings. The Morgan fingerprint density at radius 3 is 2.24 bits per heavy atom. The number of carbonyl (C=O) groups excluding carboxylic acids is 2. The Labute approximate surface area is 195 Å². The van der Waals surface area contributed by atoms with Crippen LogP contribution in [0, 0.1) is 6.92 Å². The van der Waals surface area contributed by atoms with E-state index in [0.717, 1.165) is 23.2 Å². The van der Waals surface area contributed by atoms with Gasteiger partial charge >= 0.3 is 0 Å². The fourth-order valence-electron chi connectivity index (χ4n) is 4.21. The molecule has 6 heteroatoms. The second kappa shape index (κ2) is 10.4. The van der Waals surface area contributed by atoms with Gasteiger partial charge in [0.25, 0.3) is 0 Å². The van der Waals surface area contributed by atoms with E-state index >= 15 is 0 Å². The number of carbonyl (C=O) groups is 2. The van der Waals surface area contributed by atoms with Crippen LogP contribution in [0.1, 0.15) is 41.1 Å². The lowest BCUT2D eigenvalue weighted by Gasteiger charge is -2.30. The molecule has 170 valence electrons. The number of hydrogen-bond donors (Lipinski definition) is 0. The number of aryl methyl sites for hydroxylation is 2. The maximum atomic E-state index is 12.8. The Morgan fingerprint density at radius 1 is 0.939 bits per heavy atom. The van der Waals surface area contributed by atoms with Gasteiger partial charge in [-0.2, -0.15) is 0 Å². The molecule has 0 saturated heterocycles. The third kappa shape index (κ3) is 5.64. The van der Waals surface area contributed by atoms with E-state index in [-0.39, 0.29) is 11.8 Å². The summed E-state index contributed by atoms with van der Waals surface area (Å²) in [7, 11) is 1.78. The van der Waals surface area contributed by atoms with Gasteiger partial charge in [0.15, 0.2) is 0 Å². The third-order valence-electron chi connectivity index (χ3n) is 6.13. The van der Waals surface area contributed by atoms with Crippen LogP contribution in [-0.2, 0) is 35.4 Å². The van der Waals surface area contributed by atoms with Crippen molar-refractivity contribution in [2.45, 2.75) is 45.6 Å². The summed E-state index contributed by atoms with van der Waals surface area (Å²) in [6, 6.07) is 20.2. The smallest absolute Gasteiger partial charge is 0.228 e. The van der Waals surface area contributed by atoms with Crippen molar-refractivity contribution < 1.29 is 9.59 Å². The van der Waals surface area contributed by atoms with Crippen LogP contribution in [0.3, 0.4) is 0 Å². The highest BCUT2D eigenvalue weighted by Crippen LogP contribution is 2.28. The summed E-state index contributed by atoms with van der Waals surface area (Å²) in [5.74, 6) is 1.42. The molecule has 0 bridgehead atoms. The van der Waals surface area contributed by atoms with Gasteiger partial charge in [0.05, 0.1) is 6.54 Å². The molecular formula is C27H30N4O2. The van der Waals surface area contributed by atoms with E-state index in [4.69, 9.17) is 4.98 Å². The van der Waals surface area contributed by atoms with Gasteiger partial charge in [-0.05, 0) is 37.3 Å². The van der Waals surface area contributed by atoms with Crippen LogP contribution in [0.2, 0.25) is 0 Å². The van der Waals surface area contributed by atoms with Crippen LogP contribution in [0.4, 0.5) is 5.82 Å². The second-order valence-corrected chi connectivity index (χ2v) is 8.54. The average Bonchev–Trinajstić information content (AvgIpc) is 2.83. The zero-order valence-electron chi connectivity index (χ0n) is 19.3. The van der Waals surface area contributed by atoms with Crippen LogP contribution in [0.25, 0.3) is 0 Å². The summed E-state index contributed by atoms with van der Waals surface area (Å²) >= 11 is 0. The van der Waals surface area contributed by atoms with E-state index in [1.165, 1.54) is 5.56 Å². The first-order valence-electron chi connectivity index (χ1n) is 11.5. The Bertz CT molecular complexity index is 1120. The zero-order chi connectivity index (χ0) is 23.2. The monoisotopic (exact) mass is 442 g/mol. The summed E-state index contributed by atoms with van der Waals surface area (Å²) in [5, 5.41) is 0. The van der Waals surface area contributed by atoms with Crippen LogP contribution in [-0.4, -0.2) is 40.3 Å². The lowest BCUT2D eigenvalue weighted by atomic mass is 10.0. The highest BCUT2D eigenvalue weighted by molar-refractivity contribution is 5.95. The molecular weight excluding hydrogens is 412 g/mol. The molecule has 0 fully saturated rings. The molecule has 2 aromatic carbocycles. The number of anilines is 1. The number of rotatable bonds is 8. The zero-order valence-corrected chi connectivity index (χ0v) is 19.3. The molecule has 6 nitrogen and oxygen atoms in total. The molecule has 0 atom stereocenters. The van der Waals surface area contributed by atoms with E-state index < -0.39 is 0 Å². The minimum Gasteiger partial charge on any atom is -0.338 e. The molecule has 0 N–H and O–H groups in total. The third-order valence-corrected chi connectivity index (χ3v) is 6.13. The van der Waals surface area contributed by atoms with E-state index in [1.807, 2.05) is 55.5 Å². The number of hydrogen-bond acceptors (Lipinski definition) is 4. The SMILES string of the molecule is Cc1nc(CN(C)C(=O)CCc2ccccc2)nc2c1CCC(=O)N2CCc1ccccc1. The van der Waals surface area contributed by atoms with Crippen molar-refractivity contribution >= 4 is 17.6 Å². The van der Waals surface area contributed by atoms with Crippen molar-refractivity contribution in [2.75, 3.05) is 18.5 Å². The minimum atomic E-state index is 0.0508. The molecule has 1 aliphatic heterocycles. The van der Waals surface area contributed by atoms with Crippen molar-refractivity contribution in [1.29, 1.82) is 0 Å². The van der Waals surface area contributed by atoms with E-state index in [9.17, 15) is 9.59 Å². The van der Waals surface area contributed by atoms with Gasteiger partial charge in [-0.25, -0.2) is 9.97 Å². The summed E-state index contributed by atoms with van der Waals surface area (Å²) in [6.07, 6.45) is 3.04. The number of nitrogens with zero attached hydrogens (tertiary/aromatic N) is 4. The van der Waals surface area contributed by atoms with E-state index in [0.29, 0.717) is 50.4 Å². The topological polar surface area (TPSA) is 66.4 Å². The van der Waals surface area contributed by atoms with Gasteiger partial charge < -0.3 is 4.90 Å². The predicted molar refractivity (Wildman–Crippen MR) is 129 cm³/mol. The van der Waals surface area contributed by atoms with Gasteiger partial charge in [-0.15, -0.1) is 0 Å². The number of aromatic nitrogens is 2. The maximum absolute atomic E-state index is 12.8. The highest BCUT2D eigenvalue weighted by Gasteiger charge is 2.28. The fraction of sp³-hybridized carbons (Fsp3) is 0.333. The molecule has 0 saturated carbocycles. The quantitative estimate of drug-likeness (QED) is 0.531. The largest absolute Gasteiger partial charge is 0.338 e. The van der Waals surface area contributed by atoms with Crippen molar-refractivity contribution in [3.8, 4) is 0 Å². The predicted octanol–water partition coefficient (Wildman–Crippen LogP) is 3.90. The van der Waals surface area contributed by atoms with Crippen molar-refractivity contribution in [3.05, 3.63) is 88.9 Å². The maximum Gasteiger partial charge on any atom is 0.228 e. The van der Waals surface area contributed by atoms with Gasteiger partial charge in [0.1, 0.15) is 11.6 Å². The molecule has 4 rings (SSSR count). The van der Waals surface area contributed by atoms with Gasteiger partial charge in [-0.3, -0.25) is 14.5 Å². The van der Waals surface area contributed by atoms with Gasteiger partial charge in [0.2, 0.25) is 11.8 Å². The Hall–Kier alpha value is -3.54. The van der Waals surface area contributed by atoms with Crippen LogP contribution in [0.5, 0.6) is 0 Å². The Morgan fingerprint density at radius 2 is 1.58 bits per heavy atom. The van der Waals surface area contributed by atoms with E-state index in [2.05, 4.69) is 17.1 Å². The van der Waals surface area contributed by atoms with Crippen LogP contribution in [0.15, 0.2) is 60.7 Å². The van der Waals surface area contributed by atoms with Crippen molar-refractivity contribution in [3.63, 3.8) is 0 Å². The highest BCUT2D eigenvalue weighted by atomic mass is 16.2. The summed E-state index contributed by atoms with van der Waals surface area (Å²) < 4.78 is 0. The van der Waals surface area contributed by atoms with E-state index in [1.54, 1.807) is 16.8 Å². The summed E-state index contributed by atoms with van der Waals surface area (Å²) in [4.78, 5) is 38.3. The molecule has 3 aromatic rings. The molecule has 2 heterocycles. The number of amides is 2. The lowest BCUT2D eigenvalue weighted by Crippen LogP contribution is -2.38. The molecule has 2 amide bonds. The standard InChI is InChI=1S/C27H30N4O2/c1-20-23-14-16-26(33)31(18-17-22-11-7-4-8-12-22)27(23)29-24(28-20)19-30(2)25(32)15-13-21-9-5-3-6-10-21/h3-12H,13-19H2,1-2H3. The van der Waals surface area contributed by atoms with Crippen LogP contribution >= 0.6 is 0 Å². The molecule has 33 heavy (non-hydrogen) atoms. The minimum absolute atomic E-state index is 0.0508. The Balaban J connectivity index is 1.46. The summed E-state index contributed by atoms with van der Waals surface area (Å²) in [6.45, 7) is 2.87. The fourth-order valence-corrected chi connectivity index (χ4v) is 4.21. The first-order valence-corrected chi connectivity index (χ1v) is 11.5. The lowest BCUT2D eigenvalue weighted by molar-refractivity contribution is -0.130. The average molecular weight is 443 g/mol. The van der Waals surface area contributed by atoms with Crippen molar-refractivity contribution in [2.24, 2.45) is 0 Å². The van der Waals surface area contributed by atoms with Gasteiger partial charge in [-0.1, -0.05) is 60.7 Å². The molecule has 0 aliphatic carbocycles. The van der Waals surface area contributed by atoms with Crippen LogP contribution < -0.4 is 4.90 Å². The Kier molecular flexibility index (Phi) is 7.13. The second-order valence-electron chi connectivity index (χ2n) is 8.54. The number of fused-ring (bicyclic) bond motifs is 1. The first-order chi connectivity index (χ1) is 16.0. The molecule has 0 spiro atoms. The normalized spacial score (nSPS) is 13.0. The van der Waals surface area contributed by atoms with Gasteiger partial charge in [0, 0.05) is 37.7 Å². The van der Waals surface area contributed by atoms with Crippen molar-refractivity contribution in [1.82, 2.24) is 14.9 Å². The molecule has 0 unspecified atom stereocenters. The molecule has 0 radical (unpaired) electrons. The number of benzene rings is 2.